The predicted octanol–water partition coefficient (Wildman–Crippen LogP) is 2.83. The lowest BCUT2D eigenvalue weighted by atomic mass is 9.96. The number of hydrogen-bond donors (Lipinski definition) is 1. The number of hydrogen-bond acceptors (Lipinski definition) is 4. The SMILES string of the molecule is O=C1c2ccccc2C(=O)N1CCCCN1CC2c3ccccc3C(O)C2C1. The highest BCUT2D eigenvalue weighted by Crippen LogP contribution is 2.48. The molecule has 2 amide bonds. The van der Waals surface area contributed by atoms with E-state index in [1.54, 1.807) is 24.3 Å². The molecule has 2 heterocycles. The highest BCUT2D eigenvalue weighted by atomic mass is 16.3. The van der Waals surface area contributed by atoms with E-state index in [0.29, 0.717) is 23.6 Å². The van der Waals surface area contributed by atoms with E-state index in [1.807, 2.05) is 12.1 Å². The number of rotatable bonds is 5. The monoisotopic (exact) mass is 376 g/mol. The highest BCUT2D eigenvalue weighted by molar-refractivity contribution is 6.21. The van der Waals surface area contributed by atoms with Gasteiger partial charge in [0.2, 0.25) is 0 Å². The Morgan fingerprint density at radius 1 is 0.821 bits per heavy atom. The van der Waals surface area contributed by atoms with Crippen molar-refractivity contribution >= 4 is 11.8 Å². The van der Waals surface area contributed by atoms with Gasteiger partial charge in [-0.05, 0) is 42.6 Å². The smallest absolute Gasteiger partial charge is 0.261 e. The molecule has 2 aromatic rings. The summed E-state index contributed by atoms with van der Waals surface area (Å²) in [5.74, 6) is 0.364. The zero-order chi connectivity index (χ0) is 19.3. The van der Waals surface area contributed by atoms with Crippen LogP contribution in [0.4, 0.5) is 0 Å². The fraction of sp³-hybridized carbons (Fsp3) is 0.391. The van der Waals surface area contributed by atoms with Crippen molar-refractivity contribution in [3.05, 3.63) is 70.8 Å². The molecule has 0 spiro atoms. The van der Waals surface area contributed by atoms with Crippen LogP contribution in [0.2, 0.25) is 0 Å². The van der Waals surface area contributed by atoms with Gasteiger partial charge >= 0.3 is 0 Å². The zero-order valence-electron chi connectivity index (χ0n) is 15.8. The van der Waals surface area contributed by atoms with Gasteiger partial charge < -0.3 is 10.0 Å². The van der Waals surface area contributed by atoms with Gasteiger partial charge in [-0.15, -0.1) is 0 Å². The van der Waals surface area contributed by atoms with E-state index in [4.69, 9.17) is 0 Å². The first-order chi connectivity index (χ1) is 13.6. The Morgan fingerprint density at radius 2 is 1.43 bits per heavy atom. The maximum atomic E-state index is 12.4. The summed E-state index contributed by atoms with van der Waals surface area (Å²) < 4.78 is 0. The van der Waals surface area contributed by atoms with Crippen LogP contribution in [0, 0.1) is 5.92 Å². The normalized spacial score (nSPS) is 25.9. The van der Waals surface area contributed by atoms with Crippen molar-refractivity contribution in [2.75, 3.05) is 26.2 Å². The molecule has 5 heteroatoms. The number of carbonyl (C=O) groups excluding carboxylic acids is 2. The van der Waals surface area contributed by atoms with Crippen LogP contribution in [-0.2, 0) is 0 Å². The minimum atomic E-state index is -0.357. The van der Waals surface area contributed by atoms with Crippen LogP contribution < -0.4 is 0 Å². The molecule has 1 N–H and O–H groups in total. The van der Waals surface area contributed by atoms with E-state index in [9.17, 15) is 14.7 Å². The lowest BCUT2D eigenvalue weighted by Crippen LogP contribution is -2.31. The van der Waals surface area contributed by atoms with Gasteiger partial charge in [0.25, 0.3) is 11.8 Å². The number of fused-ring (bicyclic) bond motifs is 4. The molecule has 3 unspecified atom stereocenters. The maximum Gasteiger partial charge on any atom is 0.261 e. The van der Waals surface area contributed by atoms with Crippen molar-refractivity contribution in [3.8, 4) is 0 Å². The van der Waals surface area contributed by atoms with Crippen molar-refractivity contribution in [1.82, 2.24) is 9.80 Å². The van der Waals surface area contributed by atoms with Crippen LogP contribution >= 0.6 is 0 Å². The third-order valence-corrected chi connectivity index (χ3v) is 6.54. The molecule has 0 radical (unpaired) electrons. The van der Waals surface area contributed by atoms with Crippen molar-refractivity contribution in [1.29, 1.82) is 0 Å². The molecule has 1 fully saturated rings. The van der Waals surface area contributed by atoms with E-state index in [1.165, 1.54) is 10.5 Å². The summed E-state index contributed by atoms with van der Waals surface area (Å²) in [5.41, 5.74) is 3.44. The Morgan fingerprint density at radius 3 is 2.14 bits per heavy atom. The molecule has 0 saturated carbocycles. The molecular formula is C23H24N2O3. The lowest BCUT2D eigenvalue weighted by molar-refractivity contribution is 0.0650. The summed E-state index contributed by atoms with van der Waals surface area (Å²) >= 11 is 0. The Hall–Kier alpha value is -2.50. The second kappa shape index (κ2) is 6.83. The fourth-order valence-corrected chi connectivity index (χ4v) is 5.14. The number of nitrogens with zero attached hydrogens (tertiary/aromatic N) is 2. The van der Waals surface area contributed by atoms with E-state index in [2.05, 4.69) is 17.0 Å². The largest absolute Gasteiger partial charge is 0.388 e. The average Bonchev–Trinajstić information content (AvgIpc) is 3.33. The lowest BCUT2D eigenvalue weighted by Gasteiger charge is -2.19. The van der Waals surface area contributed by atoms with Crippen LogP contribution in [0.3, 0.4) is 0 Å². The Kier molecular flexibility index (Phi) is 4.29. The standard InChI is InChI=1S/C23H24N2O3/c26-21-16-8-2-1-7-15(16)19-13-24(14-20(19)21)11-5-6-12-25-22(27)17-9-3-4-10-18(17)23(25)28/h1-4,7-10,19-21,26H,5-6,11-14H2. The van der Waals surface area contributed by atoms with Gasteiger partial charge in [0.15, 0.2) is 0 Å². The Labute approximate surface area is 164 Å². The molecule has 3 atom stereocenters. The number of likely N-dealkylation sites (tertiary alicyclic amines) is 1. The summed E-state index contributed by atoms with van der Waals surface area (Å²) in [6.45, 7) is 3.29. The maximum absolute atomic E-state index is 12.4. The first-order valence-corrected chi connectivity index (χ1v) is 10.1. The molecule has 5 nitrogen and oxygen atoms in total. The minimum absolute atomic E-state index is 0.170. The van der Waals surface area contributed by atoms with Crippen molar-refractivity contribution < 1.29 is 14.7 Å². The Balaban J connectivity index is 1.14. The van der Waals surface area contributed by atoms with Crippen LogP contribution in [0.25, 0.3) is 0 Å². The van der Waals surface area contributed by atoms with E-state index >= 15 is 0 Å². The third-order valence-electron chi connectivity index (χ3n) is 6.54. The van der Waals surface area contributed by atoms with Crippen LogP contribution in [0.1, 0.15) is 56.7 Å². The van der Waals surface area contributed by atoms with Crippen LogP contribution in [0.15, 0.2) is 48.5 Å². The third kappa shape index (κ3) is 2.69. The second-order valence-electron chi connectivity index (χ2n) is 8.12. The molecule has 0 bridgehead atoms. The summed E-state index contributed by atoms with van der Waals surface area (Å²) in [7, 11) is 0. The zero-order valence-corrected chi connectivity index (χ0v) is 15.8. The summed E-state index contributed by atoms with van der Waals surface area (Å²) in [6, 6.07) is 15.3. The molecule has 144 valence electrons. The fourth-order valence-electron chi connectivity index (χ4n) is 5.14. The summed E-state index contributed by atoms with van der Waals surface area (Å²) in [5, 5.41) is 10.6. The van der Waals surface area contributed by atoms with Gasteiger partial charge in [-0.3, -0.25) is 14.5 Å². The van der Waals surface area contributed by atoms with E-state index in [0.717, 1.165) is 38.0 Å². The molecule has 28 heavy (non-hydrogen) atoms. The topological polar surface area (TPSA) is 60.9 Å². The molecule has 5 rings (SSSR count). The first-order valence-electron chi connectivity index (χ1n) is 10.1. The van der Waals surface area contributed by atoms with Crippen molar-refractivity contribution in [3.63, 3.8) is 0 Å². The number of imide groups is 1. The summed E-state index contributed by atoms with van der Waals surface area (Å²) in [4.78, 5) is 28.6. The predicted molar refractivity (Wildman–Crippen MR) is 105 cm³/mol. The number of aliphatic hydroxyl groups is 1. The Bertz CT molecular complexity index is 906. The van der Waals surface area contributed by atoms with E-state index < -0.39 is 0 Å². The summed E-state index contributed by atoms with van der Waals surface area (Å²) in [6.07, 6.45) is 1.38. The number of unbranched alkanes of at least 4 members (excludes halogenated alkanes) is 1. The van der Waals surface area contributed by atoms with Gasteiger partial charge in [-0.1, -0.05) is 36.4 Å². The van der Waals surface area contributed by atoms with E-state index in [-0.39, 0.29) is 23.8 Å². The number of carbonyl (C=O) groups is 2. The molecule has 1 aliphatic carbocycles. The molecule has 1 saturated heterocycles. The average molecular weight is 376 g/mol. The second-order valence-corrected chi connectivity index (χ2v) is 8.12. The number of aliphatic hydroxyl groups excluding tert-OH is 1. The number of amides is 2. The quantitative estimate of drug-likeness (QED) is 0.644. The van der Waals surface area contributed by atoms with Gasteiger partial charge in [-0.25, -0.2) is 0 Å². The molecular weight excluding hydrogens is 352 g/mol. The molecule has 2 aliphatic heterocycles. The van der Waals surface area contributed by atoms with Gasteiger partial charge in [0.1, 0.15) is 0 Å². The highest BCUT2D eigenvalue weighted by Gasteiger charge is 2.45. The van der Waals surface area contributed by atoms with Gasteiger partial charge in [0, 0.05) is 31.5 Å². The van der Waals surface area contributed by atoms with Crippen molar-refractivity contribution in [2.24, 2.45) is 5.92 Å². The van der Waals surface area contributed by atoms with Gasteiger partial charge in [0.05, 0.1) is 17.2 Å². The van der Waals surface area contributed by atoms with Crippen molar-refractivity contribution in [2.45, 2.75) is 24.9 Å². The molecule has 3 aliphatic rings. The van der Waals surface area contributed by atoms with Crippen LogP contribution in [0.5, 0.6) is 0 Å². The van der Waals surface area contributed by atoms with Crippen LogP contribution in [-0.4, -0.2) is 52.9 Å². The minimum Gasteiger partial charge on any atom is -0.388 e. The first kappa shape index (κ1) is 17.6. The molecule has 2 aromatic carbocycles. The number of benzene rings is 2. The molecule has 0 aromatic heterocycles. The van der Waals surface area contributed by atoms with Gasteiger partial charge in [-0.2, -0.15) is 0 Å².